The molecule has 0 aromatic rings. The van der Waals surface area contributed by atoms with Crippen molar-refractivity contribution in [2.24, 2.45) is 5.92 Å². The zero-order chi connectivity index (χ0) is 14.8. The van der Waals surface area contributed by atoms with Crippen molar-refractivity contribution >= 4 is 12.1 Å². The highest BCUT2D eigenvalue weighted by Gasteiger charge is 2.27. The number of unbranched alkanes of at least 4 members (excludes halogenated alkanes) is 1. The van der Waals surface area contributed by atoms with Crippen LogP contribution in [-0.4, -0.2) is 41.3 Å². The van der Waals surface area contributed by atoms with Gasteiger partial charge in [0.25, 0.3) is 0 Å². The van der Waals surface area contributed by atoms with Crippen LogP contribution in [0.3, 0.4) is 0 Å². The Bertz CT molecular complexity index is 279. The van der Waals surface area contributed by atoms with Gasteiger partial charge in [-0.3, -0.25) is 4.79 Å². The van der Waals surface area contributed by atoms with Crippen LogP contribution in [0.25, 0.3) is 0 Å². The normalized spacial score (nSPS) is 12.3. The predicted octanol–water partition coefficient (Wildman–Crippen LogP) is 3.13. The second kappa shape index (κ2) is 9.64. The molecule has 0 aromatic heterocycles. The van der Waals surface area contributed by atoms with Crippen molar-refractivity contribution in [3.63, 3.8) is 0 Å². The number of amides is 1. The Kier molecular flexibility index (Phi) is 9.00. The summed E-state index contributed by atoms with van der Waals surface area (Å²) in [4.78, 5) is 24.5. The lowest BCUT2D eigenvalue weighted by Gasteiger charge is -2.31. The van der Waals surface area contributed by atoms with E-state index in [1.165, 1.54) is 0 Å². The summed E-state index contributed by atoms with van der Waals surface area (Å²) in [6.45, 7) is 8.65. The van der Waals surface area contributed by atoms with E-state index in [0.717, 1.165) is 12.8 Å². The number of carbonyl (C=O) groups is 2. The van der Waals surface area contributed by atoms with Crippen molar-refractivity contribution in [3.05, 3.63) is 0 Å². The number of hydrogen-bond donors (Lipinski definition) is 1. The fourth-order valence-electron chi connectivity index (χ4n) is 1.98. The Labute approximate surface area is 115 Å². The molecule has 0 aliphatic heterocycles. The second-order valence-electron chi connectivity index (χ2n) is 5.14. The van der Waals surface area contributed by atoms with E-state index in [-0.39, 0.29) is 18.4 Å². The summed E-state index contributed by atoms with van der Waals surface area (Å²) in [5, 5.41) is 9.00. The van der Waals surface area contributed by atoms with Crippen LogP contribution >= 0.6 is 0 Å². The van der Waals surface area contributed by atoms with Crippen molar-refractivity contribution < 1.29 is 19.4 Å². The van der Waals surface area contributed by atoms with Crippen LogP contribution in [0.15, 0.2) is 0 Å². The first kappa shape index (κ1) is 17.7. The van der Waals surface area contributed by atoms with Crippen LogP contribution in [-0.2, 0) is 9.53 Å². The van der Waals surface area contributed by atoms with Gasteiger partial charge in [-0.2, -0.15) is 0 Å². The molecule has 0 rings (SSSR count). The van der Waals surface area contributed by atoms with Crippen molar-refractivity contribution in [2.45, 2.75) is 59.4 Å². The average Bonchev–Trinajstić information content (AvgIpc) is 2.31. The molecule has 0 saturated heterocycles. The SMILES string of the molecule is CCCCC(CC(=O)O)N(CC(C)C)C(=O)OCC. The molecular formula is C14H27NO4. The molecule has 0 saturated carbocycles. The van der Waals surface area contributed by atoms with Crippen LogP contribution in [0.5, 0.6) is 0 Å². The number of hydrogen-bond acceptors (Lipinski definition) is 3. The van der Waals surface area contributed by atoms with Crippen molar-refractivity contribution in [3.8, 4) is 0 Å². The maximum Gasteiger partial charge on any atom is 0.410 e. The van der Waals surface area contributed by atoms with Gasteiger partial charge in [-0.1, -0.05) is 33.6 Å². The molecule has 0 fully saturated rings. The molecule has 0 bridgehead atoms. The lowest BCUT2D eigenvalue weighted by molar-refractivity contribution is -0.138. The summed E-state index contributed by atoms with van der Waals surface area (Å²) in [7, 11) is 0. The highest BCUT2D eigenvalue weighted by atomic mass is 16.6. The van der Waals surface area contributed by atoms with Crippen LogP contribution in [0.1, 0.15) is 53.4 Å². The van der Waals surface area contributed by atoms with Gasteiger partial charge < -0.3 is 14.7 Å². The second-order valence-corrected chi connectivity index (χ2v) is 5.14. The molecule has 0 aliphatic carbocycles. The molecule has 1 amide bonds. The lowest BCUT2D eigenvalue weighted by atomic mass is 10.0. The predicted molar refractivity (Wildman–Crippen MR) is 74.1 cm³/mol. The Morgan fingerprint density at radius 3 is 2.32 bits per heavy atom. The molecule has 19 heavy (non-hydrogen) atoms. The first-order valence-electron chi connectivity index (χ1n) is 7.07. The summed E-state index contributed by atoms with van der Waals surface area (Å²) in [6, 6.07) is -0.279. The number of carbonyl (C=O) groups excluding carboxylic acids is 1. The summed E-state index contributed by atoms with van der Waals surface area (Å²) >= 11 is 0. The van der Waals surface area contributed by atoms with E-state index < -0.39 is 12.1 Å². The summed E-state index contributed by atoms with van der Waals surface area (Å²) in [5.74, 6) is -0.596. The summed E-state index contributed by atoms with van der Waals surface area (Å²) < 4.78 is 5.04. The molecule has 1 N–H and O–H groups in total. The number of carboxylic acids is 1. The maximum absolute atomic E-state index is 12.0. The maximum atomic E-state index is 12.0. The van der Waals surface area contributed by atoms with Crippen LogP contribution in [0.2, 0.25) is 0 Å². The molecule has 1 unspecified atom stereocenters. The van der Waals surface area contributed by atoms with Gasteiger partial charge >= 0.3 is 12.1 Å². The van der Waals surface area contributed by atoms with E-state index in [1.807, 2.05) is 13.8 Å². The standard InChI is InChI=1S/C14H27NO4/c1-5-7-8-12(9-13(16)17)15(10-11(3)4)14(18)19-6-2/h11-12H,5-10H2,1-4H3,(H,16,17). The third kappa shape index (κ3) is 7.70. The van der Waals surface area contributed by atoms with Gasteiger partial charge in [0.05, 0.1) is 13.0 Å². The monoisotopic (exact) mass is 273 g/mol. The van der Waals surface area contributed by atoms with E-state index in [0.29, 0.717) is 19.6 Å². The lowest BCUT2D eigenvalue weighted by Crippen LogP contribution is -2.44. The molecular weight excluding hydrogens is 246 g/mol. The zero-order valence-corrected chi connectivity index (χ0v) is 12.5. The first-order valence-corrected chi connectivity index (χ1v) is 7.07. The third-order valence-electron chi connectivity index (χ3n) is 2.81. The molecule has 5 heteroatoms. The van der Waals surface area contributed by atoms with Crippen molar-refractivity contribution in [1.29, 1.82) is 0 Å². The number of ether oxygens (including phenoxy) is 1. The number of aliphatic carboxylic acids is 1. The minimum atomic E-state index is -0.876. The van der Waals surface area contributed by atoms with E-state index >= 15 is 0 Å². The number of rotatable bonds is 9. The van der Waals surface area contributed by atoms with Gasteiger partial charge in [-0.25, -0.2) is 4.79 Å². The van der Waals surface area contributed by atoms with E-state index in [9.17, 15) is 9.59 Å². The topological polar surface area (TPSA) is 66.8 Å². The van der Waals surface area contributed by atoms with E-state index in [1.54, 1.807) is 11.8 Å². The third-order valence-corrected chi connectivity index (χ3v) is 2.81. The highest BCUT2D eigenvalue weighted by Crippen LogP contribution is 2.16. The van der Waals surface area contributed by atoms with Gasteiger partial charge in [0.1, 0.15) is 0 Å². The van der Waals surface area contributed by atoms with Gasteiger partial charge in [0, 0.05) is 12.6 Å². The van der Waals surface area contributed by atoms with Gasteiger partial charge in [0.15, 0.2) is 0 Å². The minimum absolute atomic E-state index is 0.0223. The molecule has 0 aromatic carbocycles. The van der Waals surface area contributed by atoms with Crippen LogP contribution in [0, 0.1) is 5.92 Å². The van der Waals surface area contributed by atoms with E-state index in [2.05, 4.69) is 6.92 Å². The molecule has 0 heterocycles. The molecule has 5 nitrogen and oxygen atoms in total. The van der Waals surface area contributed by atoms with Crippen LogP contribution < -0.4 is 0 Å². The Hall–Kier alpha value is -1.26. The van der Waals surface area contributed by atoms with Gasteiger partial charge in [-0.05, 0) is 19.3 Å². The smallest absolute Gasteiger partial charge is 0.410 e. The van der Waals surface area contributed by atoms with Gasteiger partial charge in [-0.15, -0.1) is 0 Å². The fraction of sp³-hybridized carbons (Fsp3) is 0.857. The van der Waals surface area contributed by atoms with Crippen LogP contribution in [0.4, 0.5) is 4.79 Å². The average molecular weight is 273 g/mol. The Morgan fingerprint density at radius 1 is 1.26 bits per heavy atom. The Morgan fingerprint density at radius 2 is 1.89 bits per heavy atom. The number of nitrogens with zero attached hydrogens (tertiary/aromatic N) is 1. The fourth-order valence-corrected chi connectivity index (χ4v) is 1.98. The molecule has 0 spiro atoms. The highest BCUT2D eigenvalue weighted by molar-refractivity contribution is 5.71. The van der Waals surface area contributed by atoms with E-state index in [4.69, 9.17) is 9.84 Å². The van der Waals surface area contributed by atoms with Crippen molar-refractivity contribution in [1.82, 2.24) is 4.90 Å². The quantitative estimate of drug-likeness (QED) is 0.701. The zero-order valence-electron chi connectivity index (χ0n) is 12.5. The summed E-state index contributed by atoms with van der Waals surface area (Å²) in [6.07, 6.45) is 2.17. The molecule has 0 aliphatic rings. The molecule has 112 valence electrons. The van der Waals surface area contributed by atoms with Crippen molar-refractivity contribution in [2.75, 3.05) is 13.2 Å². The molecule has 0 radical (unpaired) electrons. The minimum Gasteiger partial charge on any atom is -0.481 e. The largest absolute Gasteiger partial charge is 0.481 e. The molecule has 1 atom stereocenters. The van der Waals surface area contributed by atoms with Gasteiger partial charge in [0.2, 0.25) is 0 Å². The number of carboxylic acid groups (broad SMARTS) is 1. The Balaban J connectivity index is 4.86. The summed E-state index contributed by atoms with van der Waals surface area (Å²) in [5.41, 5.74) is 0. The first-order chi connectivity index (χ1) is 8.92.